The fraction of sp³-hybridized carbons (Fsp3) is 0.889. The summed E-state index contributed by atoms with van der Waals surface area (Å²) in [5.74, 6) is 0. The Kier molecular flexibility index (Phi) is 4.49. The van der Waals surface area contributed by atoms with Crippen LogP contribution >= 0.6 is 24.0 Å². The molecule has 0 aromatic heterocycles. The number of hydrogen-bond acceptors (Lipinski definition) is 3. The van der Waals surface area contributed by atoms with Crippen molar-refractivity contribution in [1.82, 2.24) is 4.90 Å². The van der Waals surface area contributed by atoms with Gasteiger partial charge in [-0.2, -0.15) is 0 Å². The predicted octanol–water partition coefficient (Wildman–Crippen LogP) is 1.87. The van der Waals surface area contributed by atoms with Crippen molar-refractivity contribution in [2.75, 3.05) is 14.1 Å². The molecule has 1 aliphatic rings. The molecule has 1 N–H and O–H groups in total. The van der Waals surface area contributed by atoms with E-state index in [9.17, 15) is 5.11 Å². The molecule has 4 heteroatoms. The molecule has 13 heavy (non-hydrogen) atoms. The maximum Gasteiger partial charge on any atom is 0.136 e. The van der Waals surface area contributed by atoms with Crippen molar-refractivity contribution in [3.05, 3.63) is 0 Å². The van der Waals surface area contributed by atoms with Gasteiger partial charge in [0.25, 0.3) is 0 Å². The van der Waals surface area contributed by atoms with Gasteiger partial charge in [-0.25, -0.2) is 0 Å². The normalized spacial score (nSPS) is 28.5. The Morgan fingerprint density at radius 2 is 2.00 bits per heavy atom. The van der Waals surface area contributed by atoms with Crippen molar-refractivity contribution in [2.45, 2.75) is 37.0 Å². The molecule has 0 spiro atoms. The molecule has 0 radical (unpaired) electrons. The molecular weight excluding hydrogens is 202 g/mol. The van der Waals surface area contributed by atoms with E-state index >= 15 is 0 Å². The van der Waals surface area contributed by atoms with Crippen molar-refractivity contribution >= 4 is 28.3 Å². The van der Waals surface area contributed by atoms with E-state index in [0.717, 1.165) is 23.6 Å². The summed E-state index contributed by atoms with van der Waals surface area (Å²) in [7, 11) is 3.90. The third kappa shape index (κ3) is 3.44. The second-order valence-electron chi connectivity index (χ2n) is 3.67. The standard InChI is InChI=1S/C9H17NOS2/c1-10(2)9(12)13-8-6-4-3-5-7(8)11/h7-8,11H,3-6H2,1-2H3/t7-,8-/m0/s1. The van der Waals surface area contributed by atoms with Gasteiger partial charge in [-0.1, -0.05) is 36.8 Å². The van der Waals surface area contributed by atoms with Crippen LogP contribution in [-0.4, -0.2) is 39.8 Å². The van der Waals surface area contributed by atoms with E-state index in [-0.39, 0.29) is 6.10 Å². The highest BCUT2D eigenvalue weighted by molar-refractivity contribution is 8.23. The number of thioether (sulfide) groups is 1. The molecule has 0 heterocycles. The summed E-state index contributed by atoms with van der Waals surface area (Å²) in [4.78, 5) is 1.93. The Hall–Kier alpha value is 0.200. The first kappa shape index (κ1) is 11.3. The van der Waals surface area contributed by atoms with Crippen LogP contribution < -0.4 is 0 Å². The van der Waals surface area contributed by atoms with Crippen LogP contribution in [0.25, 0.3) is 0 Å². The van der Waals surface area contributed by atoms with E-state index in [1.54, 1.807) is 11.8 Å². The molecule has 0 saturated heterocycles. The SMILES string of the molecule is CN(C)C(=S)S[C@H]1CCCC[C@@H]1O. The third-order valence-corrected chi connectivity index (χ3v) is 4.36. The van der Waals surface area contributed by atoms with Gasteiger partial charge in [-0.15, -0.1) is 0 Å². The molecule has 2 nitrogen and oxygen atoms in total. The molecular formula is C9H17NOS2. The third-order valence-electron chi connectivity index (χ3n) is 2.29. The summed E-state index contributed by atoms with van der Waals surface area (Å²) in [6.45, 7) is 0. The van der Waals surface area contributed by atoms with Crippen LogP contribution in [0.4, 0.5) is 0 Å². The molecule has 0 amide bonds. The molecule has 1 fully saturated rings. The van der Waals surface area contributed by atoms with Crippen LogP contribution in [0.1, 0.15) is 25.7 Å². The van der Waals surface area contributed by atoms with Crippen LogP contribution in [0, 0.1) is 0 Å². The van der Waals surface area contributed by atoms with Crippen LogP contribution in [0.2, 0.25) is 0 Å². The van der Waals surface area contributed by atoms with Crippen molar-refractivity contribution in [3.63, 3.8) is 0 Å². The zero-order valence-electron chi connectivity index (χ0n) is 8.19. The quantitative estimate of drug-likeness (QED) is 0.680. The van der Waals surface area contributed by atoms with Crippen molar-refractivity contribution in [2.24, 2.45) is 0 Å². The maximum atomic E-state index is 9.70. The lowest BCUT2D eigenvalue weighted by Crippen LogP contribution is -2.30. The molecule has 1 saturated carbocycles. The Labute approximate surface area is 89.7 Å². The van der Waals surface area contributed by atoms with Crippen molar-refractivity contribution in [1.29, 1.82) is 0 Å². The van der Waals surface area contributed by atoms with E-state index in [2.05, 4.69) is 0 Å². The molecule has 0 aromatic rings. The fourth-order valence-electron chi connectivity index (χ4n) is 1.45. The van der Waals surface area contributed by atoms with Crippen LogP contribution in [0.5, 0.6) is 0 Å². The van der Waals surface area contributed by atoms with E-state index in [1.807, 2.05) is 19.0 Å². The van der Waals surface area contributed by atoms with E-state index in [1.165, 1.54) is 6.42 Å². The first-order chi connectivity index (χ1) is 6.11. The Morgan fingerprint density at radius 3 is 2.54 bits per heavy atom. The van der Waals surface area contributed by atoms with E-state index < -0.39 is 0 Å². The second kappa shape index (κ2) is 5.17. The van der Waals surface area contributed by atoms with Crippen LogP contribution in [0.3, 0.4) is 0 Å². The summed E-state index contributed by atoms with van der Waals surface area (Å²) in [5.41, 5.74) is 0. The molecule has 0 aliphatic heterocycles. The lowest BCUT2D eigenvalue weighted by molar-refractivity contribution is 0.137. The topological polar surface area (TPSA) is 23.5 Å². The number of thiocarbonyl (C=S) groups is 1. The average molecular weight is 219 g/mol. The van der Waals surface area contributed by atoms with Gasteiger partial charge < -0.3 is 10.0 Å². The van der Waals surface area contributed by atoms with E-state index in [4.69, 9.17) is 12.2 Å². The van der Waals surface area contributed by atoms with Crippen LogP contribution in [0.15, 0.2) is 0 Å². The first-order valence-electron chi connectivity index (χ1n) is 4.67. The number of aliphatic hydroxyl groups is 1. The molecule has 2 atom stereocenters. The summed E-state index contributed by atoms with van der Waals surface area (Å²) in [5, 5.41) is 10.0. The van der Waals surface area contributed by atoms with Crippen molar-refractivity contribution in [3.8, 4) is 0 Å². The molecule has 0 unspecified atom stereocenters. The van der Waals surface area contributed by atoms with Gasteiger partial charge in [-0.3, -0.25) is 0 Å². The predicted molar refractivity (Wildman–Crippen MR) is 62.1 cm³/mol. The summed E-state index contributed by atoms with van der Waals surface area (Å²) < 4.78 is 0.881. The summed E-state index contributed by atoms with van der Waals surface area (Å²) >= 11 is 6.83. The molecule has 0 aromatic carbocycles. The summed E-state index contributed by atoms with van der Waals surface area (Å²) in [6, 6.07) is 0. The fourth-order valence-corrected chi connectivity index (χ4v) is 2.87. The lowest BCUT2D eigenvalue weighted by atomic mass is 9.97. The highest BCUT2D eigenvalue weighted by Crippen LogP contribution is 2.29. The van der Waals surface area contributed by atoms with Gasteiger partial charge in [0.2, 0.25) is 0 Å². The van der Waals surface area contributed by atoms with Gasteiger partial charge >= 0.3 is 0 Å². The first-order valence-corrected chi connectivity index (χ1v) is 5.96. The monoisotopic (exact) mass is 219 g/mol. The summed E-state index contributed by atoms with van der Waals surface area (Å²) in [6.07, 6.45) is 4.27. The van der Waals surface area contributed by atoms with Gasteiger partial charge in [0, 0.05) is 19.3 Å². The largest absolute Gasteiger partial charge is 0.392 e. The highest BCUT2D eigenvalue weighted by Gasteiger charge is 2.24. The second-order valence-corrected chi connectivity index (χ2v) is 5.54. The van der Waals surface area contributed by atoms with Gasteiger partial charge in [0.15, 0.2) is 0 Å². The molecule has 0 bridgehead atoms. The number of rotatable bonds is 1. The van der Waals surface area contributed by atoms with Gasteiger partial charge in [-0.05, 0) is 12.8 Å². The number of aliphatic hydroxyl groups excluding tert-OH is 1. The average Bonchev–Trinajstić information content (AvgIpc) is 2.08. The Bertz CT molecular complexity index is 184. The number of hydrogen-bond donors (Lipinski definition) is 1. The highest BCUT2D eigenvalue weighted by atomic mass is 32.2. The minimum Gasteiger partial charge on any atom is -0.392 e. The van der Waals surface area contributed by atoms with Gasteiger partial charge in [0.1, 0.15) is 4.32 Å². The molecule has 1 rings (SSSR count). The molecule has 1 aliphatic carbocycles. The Balaban J connectivity index is 2.38. The van der Waals surface area contributed by atoms with Crippen molar-refractivity contribution < 1.29 is 5.11 Å². The van der Waals surface area contributed by atoms with Crippen LogP contribution in [-0.2, 0) is 0 Å². The Morgan fingerprint density at radius 1 is 1.38 bits per heavy atom. The van der Waals surface area contributed by atoms with Gasteiger partial charge in [0.05, 0.1) is 6.10 Å². The number of nitrogens with zero attached hydrogens (tertiary/aromatic N) is 1. The minimum absolute atomic E-state index is 0.156. The van der Waals surface area contributed by atoms with E-state index in [0.29, 0.717) is 5.25 Å². The zero-order chi connectivity index (χ0) is 9.84. The minimum atomic E-state index is -0.156. The smallest absolute Gasteiger partial charge is 0.136 e. The zero-order valence-corrected chi connectivity index (χ0v) is 9.83. The molecule has 76 valence electrons. The maximum absolute atomic E-state index is 9.70. The lowest BCUT2D eigenvalue weighted by Gasteiger charge is -2.28.